The van der Waals surface area contributed by atoms with E-state index in [1.54, 1.807) is 30.5 Å². The van der Waals surface area contributed by atoms with Crippen LogP contribution in [0.5, 0.6) is 0 Å². The monoisotopic (exact) mass is 345 g/mol. The molecule has 0 spiro atoms. The Hall–Kier alpha value is -2.34. The van der Waals surface area contributed by atoms with Gasteiger partial charge in [-0.3, -0.25) is 9.97 Å². The molecule has 1 N–H and O–H groups in total. The van der Waals surface area contributed by atoms with Gasteiger partial charge in [-0.25, -0.2) is 4.79 Å². The number of nitrogens with one attached hydrogen (secondary N) is 1. The van der Waals surface area contributed by atoms with Gasteiger partial charge in [-0.1, -0.05) is 11.6 Å². The normalized spacial score (nSPS) is 16.9. The number of halogens is 1. The zero-order valence-corrected chi connectivity index (χ0v) is 14.3. The van der Waals surface area contributed by atoms with Crippen LogP contribution in [0.3, 0.4) is 0 Å². The van der Waals surface area contributed by atoms with Gasteiger partial charge in [0, 0.05) is 49.3 Å². The van der Waals surface area contributed by atoms with Crippen LogP contribution in [0.4, 0.5) is 10.5 Å². The van der Waals surface area contributed by atoms with Crippen LogP contribution in [0.25, 0.3) is 0 Å². The van der Waals surface area contributed by atoms with E-state index in [0.717, 1.165) is 35.9 Å². The van der Waals surface area contributed by atoms with Gasteiger partial charge in [0.15, 0.2) is 0 Å². The van der Waals surface area contributed by atoms with Gasteiger partial charge in [-0.2, -0.15) is 0 Å². The highest BCUT2D eigenvalue weighted by molar-refractivity contribution is 6.30. The second-order valence-electron chi connectivity index (χ2n) is 5.91. The first-order valence-electron chi connectivity index (χ1n) is 7.89. The Morgan fingerprint density at radius 1 is 1.38 bits per heavy atom. The van der Waals surface area contributed by atoms with Gasteiger partial charge in [0.2, 0.25) is 0 Å². The molecule has 2 heterocycles. The Kier molecular flexibility index (Phi) is 5.15. The van der Waals surface area contributed by atoms with Crippen molar-refractivity contribution in [3.63, 3.8) is 0 Å². The quantitative estimate of drug-likeness (QED) is 0.925. The molecule has 0 bridgehead atoms. The van der Waals surface area contributed by atoms with E-state index in [1.807, 2.05) is 24.3 Å². The fourth-order valence-electron chi connectivity index (χ4n) is 2.78. The highest BCUT2D eigenvalue weighted by Gasteiger charge is 2.25. The van der Waals surface area contributed by atoms with E-state index in [2.05, 4.69) is 20.2 Å². The minimum absolute atomic E-state index is 0.0939. The molecule has 0 radical (unpaired) electrons. The van der Waals surface area contributed by atoms with Crippen LogP contribution < -0.4 is 10.2 Å². The van der Waals surface area contributed by atoms with Crippen LogP contribution in [-0.2, 0) is 6.54 Å². The molecule has 1 aromatic heterocycles. The van der Waals surface area contributed by atoms with Crippen molar-refractivity contribution >= 4 is 23.3 Å². The molecule has 1 atom stereocenters. The van der Waals surface area contributed by atoms with Gasteiger partial charge in [-0.15, -0.1) is 0 Å². The summed E-state index contributed by atoms with van der Waals surface area (Å²) >= 11 is 5.93. The number of carbonyl (C=O) groups is 1. The molecular weight excluding hydrogens is 326 g/mol. The first-order valence-corrected chi connectivity index (χ1v) is 8.26. The summed E-state index contributed by atoms with van der Waals surface area (Å²) in [5.41, 5.74) is 1.90. The topological polar surface area (TPSA) is 61.4 Å². The lowest BCUT2D eigenvalue weighted by Gasteiger charge is -2.22. The molecule has 1 unspecified atom stereocenters. The third kappa shape index (κ3) is 4.14. The molecule has 0 aliphatic carbocycles. The molecule has 24 heavy (non-hydrogen) atoms. The molecule has 0 saturated carbocycles. The maximum Gasteiger partial charge on any atom is 0.317 e. The van der Waals surface area contributed by atoms with Crippen molar-refractivity contribution in [2.24, 2.45) is 0 Å². The van der Waals surface area contributed by atoms with Crippen molar-refractivity contribution in [2.75, 3.05) is 25.0 Å². The maximum absolute atomic E-state index is 12.3. The Morgan fingerprint density at radius 2 is 2.17 bits per heavy atom. The molecule has 1 aliphatic rings. The molecule has 1 aliphatic heterocycles. The highest BCUT2D eigenvalue weighted by Crippen LogP contribution is 2.22. The summed E-state index contributed by atoms with van der Waals surface area (Å²) in [6.07, 6.45) is 5.84. The Labute approximate surface area is 146 Å². The zero-order valence-electron chi connectivity index (χ0n) is 13.5. The number of carbonyl (C=O) groups excluding carboxylic acids is 1. The Morgan fingerprint density at radius 3 is 2.88 bits per heavy atom. The number of anilines is 1. The van der Waals surface area contributed by atoms with Crippen molar-refractivity contribution in [3.05, 3.63) is 53.6 Å². The third-order valence-electron chi connectivity index (χ3n) is 4.07. The zero-order chi connectivity index (χ0) is 16.9. The summed E-state index contributed by atoms with van der Waals surface area (Å²) in [5.74, 6) is 0. The van der Waals surface area contributed by atoms with Gasteiger partial charge >= 0.3 is 6.03 Å². The summed E-state index contributed by atoms with van der Waals surface area (Å²) in [7, 11) is 1.76. The lowest BCUT2D eigenvalue weighted by atomic mass is 10.2. The second kappa shape index (κ2) is 7.49. The fourth-order valence-corrected chi connectivity index (χ4v) is 2.90. The molecule has 2 amide bonds. The molecular formula is C17H20ClN5O. The standard InChI is InChI=1S/C17H20ClN5O/c1-22(11-15-10-19-7-8-20-15)17(24)21-14-6-9-23(12-14)16-4-2-13(18)3-5-16/h2-5,7-8,10,14H,6,9,11-12H2,1H3,(H,21,24). The number of urea groups is 1. The van der Waals surface area contributed by atoms with E-state index >= 15 is 0 Å². The number of benzene rings is 1. The second-order valence-corrected chi connectivity index (χ2v) is 6.35. The average molecular weight is 346 g/mol. The van der Waals surface area contributed by atoms with E-state index in [9.17, 15) is 4.79 Å². The average Bonchev–Trinajstić information content (AvgIpc) is 3.05. The molecule has 1 saturated heterocycles. The van der Waals surface area contributed by atoms with Crippen LogP contribution in [-0.4, -0.2) is 47.1 Å². The number of hydrogen-bond acceptors (Lipinski definition) is 4. The van der Waals surface area contributed by atoms with Crippen LogP contribution in [0.1, 0.15) is 12.1 Å². The van der Waals surface area contributed by atoms with Crippen LogP contribution in [0.2, 0.25) is 5.02 Å². The molecule has 126 valence electrons. The lowest BCUT2D eigenvalue weighted by molar-refractivity contribution is 0.203. The van der Waals surface area contributed by atoms with Crippen molar-refractivity contribution < 1.29 is 4.79 Å². The molecule has 6 nitrogen and oxygen atoms in total. The predicted molar refractivity (Wildman–Crippen MR) is 94.1 cm³/mol. The number of rotatable bonds is 4. The van der Waals surface area contributed by atoms with Crippen LogP contribution in [0.15, 0.2) is 42.9 Å². The smallest absolute Gasteiger partial charge is 0.317 e. The summed E-state index contributed by atoms with van der Waals surface area (Å²) in [6.45, 7) is 2.15. The Balaban J connectivity index is 1.51. The van der Waals surface area contributed by atoms with Gasteiger partial charge in [0.05, 0.1) is 18.4 Å². The SMILES string of the molecule is CN(Cc1cnccn1)C(=O)NC1CCN(c2ccc(Cl)cc2)C1. The summed E-state index contributed by atoms with van der Waals surface area (Å²) in [6, 6.07) is 7.83. The van der Waals surface area contributed by atoms with Gasteiger partial charge < -0.3 is 15.1 Å². The van der Waals surface area contributed by atoms with Crippen LogP contribution >= 0.6 is 11.6 Å². The van der Waals surface area contributed by atoms with E-state index in [0.29, 0.717) is 6.54 Å². The van der Waals surface area contributed by atoms with Gasteiger partial charge in [-0.05, 0) is 30.7 Å². The molecule has 1 aromatic carbocycles. The maximum atomic E-state index is 12.3. The predicted octanol–water partition coefficient (Wildman–Crippen LogP) is 2.55. The van der Waals surface area contributed by atoms with Gasteiger partial charge in [0.25, 0.3) is 0 Å². The molecule has 3 rings (SSSR count). The number of aromatic nitrogens is 2. The third-order valence-corrected chi connectivity index (χ3v) is 4.32. The fraction of sp³-hybridized carbons (Fsp3) is 0.353. The van der Waals surface area contributed by atoms with Crippen molar-refractivity contribution in [2.45, 2.75) is 19.0 Å². The van der Waals surface area contributed by atoms with Crippen molar-refractivity contribution in [1.82, 2.24) is 20.2 Å². The summed E-state index contributed by atoms with van der Waals surface area (Å²) in [4.78, 5) is 24.4. The summed E-state index contributed by atoms with van der Waals surface area (Å²) < 4.78 is 0. The first kappa shape index (κ1) is 16.5. The number of amides is 2. The van der Waals surface area contributed by atoms with E-state index in [1.165, 1.54) is 0 Å². The summed E-state index contributed by atoms with van der Waals surface area (Å²) in [5, 5.41) is 3.81. The van der Waals surface area contributed by atoms with Crippen LogP contribution in [0, 0.1) is 0 Å². The first-order chi connectivity index (χ1) is 11.6. The largest absolute Gasteiger partial charge is 0.369 e. The number of hydrogen-bond donors (Lipinski definition) is 1. The van der Waals surface area contributed by atoms with E-state index in [-0.39, 0.29) is 12.1 Å². The molecule has 7 heteroatoms. The highest BCUT2D eigenvalue weighted by atomic mass is 35.5. The lowest BCUT2D eigenvalue weighted by Crippen LogP contribution is -2.44. The van der Waals surface area contributed by atoms with E-state index < -0.39 is 0 Å². The minimum Gasteiger partial charge on any atom is -0.369 e. The molecule has 1 fully saturated rings. The van der Waals surface area contributed by atoms with Crippen molar-refractivity contribution in [3.8, 4) is 0 Å². The van der Waals surface area contributed by atoms with Crippen molar-refractivity contribution in [1.29, 1.82) is 0 Å². The van der Waals surface area contributed by atoms with E-state index in [4.69, 9.17) is 11.6 Å². The Bertz CT molecular complexity index is 679. The van der Waals surface area contributed by atoms with Gasteiger partial charge in [0.1, 0.15) is 0 Å². The number of nitrogens with zero attached hydrogens (tertiary/aromatic N) is 4. The minimum atomic E-state index is -0.0939. The molecule has 2 aromatic rings.